The second kappa shape index (κ2) is 7.74. The lowest BCUT2D eigenvalue weighted by molar-refractivity contribution is 0.0527. The van der Waals surface area contributed by atoms with E-state index in [0.717, 1.165) is 0 Å². The first kappa shape index (κ1) is 18.2. The molecule has 0 radical (unpaired) electrons. The first-order valence-corrected chi connectivity index (χ1v) is 8.34. The topological polar surface area (TPSA) is 104 Å². The molecule has 0 aliphatic rings. The van der Waals surface area contributed by atoms with Gasteiger partial charge in [-0.05, 0) is 49.4 Å². The fourth-order valence-corrected chi connectivity index (χ4v) is 2.61. The Morgan fingerprint density at radius 3 is 2.56 bits per heavy atom. The molecule has 138 valence electrons. The van der Waals surface area contributed by atoms with Gasteiger partial charge in [0, 0.05) is 22.8 Å². The van der Waals surface area contributed by atoms with Gasteiger partial charge in [0.15, 0.2) is 0 Å². The van der Waals surface area contributed by atoms with Gasteiger partial charge in [0.1, 0.15) is 11.3 Å². The summed E-state index contributed by atoms with van der Waals surface area (Å²) in [6.07, 6.45) is 1.39. The molecule has 2 aromatic carbocycles. The number of aromatic nitrogens is 1. The third-order valence-electron chi connectivity index (χ3n) is 4.02. The van der Waals surface area contributed by atoms with Gasteiger partial charge < -0.3 is 20.5 Å². The summed E-state index contributed by atoms with van der Waals surface area (Å²) in [6, 6.07) is 11.9. The molecule has 3 rings (SSSR count). The number of hydrogen-bond acceptors (Lipinski definition) is 6. The summed E-state index contributed by atoms with van der Waals surface area (Å²) >= 11 is 0. The number of ether oxygens (including phenoxy) is 2. The van der Waals surface area contributed by atoms with Gasteiger partial charge in [-0.15, -0.1) is 0 Å². The molecule has 0 unspecified atom stereocenters. The largest absolute Gasteiger partial charge is 0.497 e. The predicted octanol–water partition coefficient (Wildman–Crippen LogP) is 3.25. The monoisotopic (exact) mass is 365 g/mol. The van der Waals surface area contributed by atoms with Gasteiger partial charge in [0.2, 0.25) is 0 Å². The number of nitrogen functional groups attached to an aromatic ring is 1. The molecule has 0 aliphatic heterocycles. The van der Waals surface area contributed by atoms with Gasteiger partial charge in [-0.3, -0.25) is 9.78 Å². The summed E-state index contributed by atoms with van der Waals surface area (Å²) in [4.78, 5) is 28.6. The fraction of sp³-hybridized carbons (Fsp3) is 0.150. The zero-order valence-corrected chi connectivity index (χ0v) is 15.0. The first-order valence-electron chi connectivity index (χ1n) is 8.34. The molecular weight excluding hydrogens is 346 g/mol. The number of fused-ring (bicyclic) bond motifs is 1. The molecule has 0 fully saturated rings. The average Bonchev–Trinajstić information content (AvgIpc) is 2.69. The summed E-state index contributed by atoms with van der Waals surface area (Å²) in [7, 11) is 1.56. The number of nitrogens with one attached hydrogen (secondary N) is 1. The van der Waals surface area contributed by atoms with Gasteiger partial charge in [-0.2, -0.15) is 0 Å². The minimum absolute atomic E-state index is 0.197. The zero-order chi connectivity index (χ0) is 19.4. The average molecular weight is 365 g/mol. The molecule has 0 saturated carbocycles. The third kappa shape index (κ3) is 3.82. The van der Waals surface area contributed by atoms with E-state index in [2.05, 4.69) is 10.3 Å². The molecule has 0 bridgehead atoms. The van der Waals surface area contributed by atoms with Crippen molar-refractivity contribution in [2.45, 2.75) is 6.92 Å². The van der Waals surface area contributed by atoms with Crippen LogP contribution in [0.1, 0.15) is 27.6 Å². The molecule has 1 aromatic heterocycles. The predicted molar refractivity (Wildman–Crippen MR) is 103 cm³/mol. The molecular formula is C20H19N3O4. The highest BCUT2D eigenvalue weighted by atomic mass is 16.5. The number of esters is 1. The van der Waals surface area contributed by atoms with Crippen LogP contribution in [0, 0.1) is 0 Å². The number of rotatable bonds is 5. The van der Waals surface area contributed by atoms with Crippen LogP contribution in [0.3, 0.4) is 0 Å². The lowest BCUT2D eigenvalue weighted by Crippen LogP contribution is -2.12. The van der Waals surface area contributed by atoms with Crippen molar-refractivity contribution in [3.8, 4) is 5.75 Å². The van der Waals surface area contributed by atoms with Crippen LogP contribution in [-0.2, 0) is 4.74 Å². The van der Waals surface area contributed by atoms with Crippen molar-refractivity contribution < 1.29 is 19.1 Å². The van der Waals surface area contributed by atoms with Crippen molar-refractivity contribution in [3.05, 3.63) is 59.8 Å². The Balaban J connectivity index is 1.89. The van der Waals surface area contributed by atoms with E-state index >= 15 is 0 Å². The van der Waals surface area contributed by atoms with E-state index in [-0.39, 0.29) is 23.8 Å². The van der Waals surface area contributed by atoms with E-state index in [4.69, 9.17) is 15.2 Å². The molecule has 27 heavy (non-hydrogen) atoms. The Bertz CT molecular complexity index is 1000. The van der Waals surface area contributed by atoms with Gasteiger partial charge in [-0.1, -0.05) is 0 Å². The van der Waals surface area contributed by atoms with Crippen molar-refractivity contribution >= 4 is 34.2 Å². The van der Waals surface area contributed by atoms with Crippen LogP contribution in [0.4, 0.5) is 11.4 Å². The number of benzene rings is 2. The van der Waals surface area contributed by atoms with Crippen LogP contribution < -0.4 is 15.8 Å². The van der Waals surface area contributed by atoms with Gasteiger partial charge in [-0.25, -0.2) is 4.79 Å². The number of carbonyl (C=O) groups is 2. The molecule has 3 N–H and O–H groups in total. The number of nitrogens with two attached hydrogens (primary N) is 1. The van der Waals surface area contributed by atoms with Gasteiger partial charge in [0.05, 0.1) is 24.9 Å². The highest BCUT2D eigenvalue weighted by Crippen LogP contribution is 2.27. The Kier molecular flexibility index (Phi) is 5.21. The maximum absolute atomic E-state index is 12.4. The normalized spacial score (nSPS) is 10.4. The van der Waals surface area contributed by atoms with Crippen LogP contribution >= 0.6 is 0 Å². The third-order valence-corrected chi connectivity index (χ3v) is 4.02. The van der Waals surface area contributed by atoms with E-state index in [0.29, 0.717) is 27.9 Å². The number of methoxy groups -OCH3 is 1. The second-order valence-electron chi connectivity index (χ2n) is 5.72. The fourth-order valence-electron chi connectivity index (χ4n) is 2.61. The summed E-state index contributed by atoms with van der Waals surface area (Å²) in [6.45, 7) is 1.96. The lowest BCUT2D eigenvalue weighted by Gasteiger charge is -2.10. The summed E-state index contributed by atoms with van der Waals surface area (Å²) in [5.74, 6) is -0.134. The minimum Gasteiger partial charge on any atom is -0.497 e. The number of hydrogen-bond donors (Lipinski definition) is 2. The van der Waals surface area contributed by atoms with Crippen LogP contribution in [-0.4, -0.2) is 30.6 Å². The molecule has 1 heterocycles. The van der Waals surface area contributed by atoms with Crippen molar-refractivity contribution in [2.24, 2.45) is 0 Å². The zero-order valence-electron chi connectivity index (χ0n) is 15.0. The highest BCUT2D eigenvalue weighted by Gasteiger charge is 2.15. The van der Waals surface area contributed by atoms with E-state index in [1.165, 1.54) is 6.20 Å². The van der Waals surface area contributed by atoms with E-state index < -0.39 is 5.97 Å². The maximum atomic E-state index is 12.4. The highest BCUT2D eigenvalue weighted by molar-refractivity contribution is 6.08. The van der Waals surface area contributed by atoms with Crippen LogP contribution in [0.15, 0.2) is 48.7 Å². The molecule has 0 atom stereocenters. The number of amides is 1. The summed E-state index contributed by atoms with van der Waals surface area (Å²) in [5, 5.41) is 3.37. The lowest BCUT2D eigenvalue weighted by atomic mass is 10.1. The number of carbonyl (C=O) groups excluding carboxylic acids is 2. The molecule has 0 saturated heterocycles. The van der Waals surface area contributed by atoms with E-state index in [1.54, 1.807) is 56.5 Å². The molecule has 0 spiro atoms. The van der Waals surface area contributed by atoms with E-state index in [9.17, 15) is 9.59 Å². The van der Waals surface area contributed by atoms with Crippen molar-refractivity contribution in [1.29, 1.82) is 0 Å². The molecule has 0 aliphatic carbocycles. The summed E-state index contributed by atoms with van der Waals surface area (Å²) in [5.41, 5.74) is 8.23. The first-order chi connectivity index (χ1) is 13.0. The molecule has 7 heteroatoms. The van der Waals surface area contributed by atoms with Crippen molar-refractivity contribution in [2.75, 3.05) is 24.8 Å². The maximum Gasteiger partial charge on any atom is 0.341 e. The van der Waals surface area contributed by atoms with Crippen molar-refractivity contribution in [3.63, 3.8) is 0 Å². The van der Waals surface area contributed by atoms with E-state index in [1.807, 2.05) is 0 Å². The quantitative estimate of drug-likeness (QED) is 0.673. The minimum atomic E-state index is -0.530. The van der Waals surface area contributed by atoms with Crippen LogP contribution in [0.5, 0.6) is 5.75 Å². The van der Waals surface area contributed by atoms with Crippen LogP contribution in [0.25, 0.3) is 10.9 Å². The van der Waals surface area contributed by atoms with Crippen LogP contribution in [0.2, 0.25) is 0 Å². The Labute approximate surface area is 156 Å². The molecule has 1 amide bonds. The Morgan fingerprint density at radius 2 is 1.89 bits per heavy atom. The standard InChI is InChI=1S/C20H19N3O4/c1-3-27-20(25)16-11-22-17-9-6-13(10-15(17)18(16)21)23-19(24)12-4-7-14(26-2)8-5-12/h4-11H,3H2,1-2H3,(H2,21,22)(H,23,24). The Hall–Kier alpha value is -3.61. The Morgan fingerprint density at radius 1 is 1.15 bits per heavy atom. The molecule has 3 aromatic rings. The molecule has 7 nitrogen and oxygen atoms in total. The number of anilines is 2. The number of pyridine rings is 1. The summed E-state index contributed by atoms with van der Waals surface area (Å²) < 4.78 is 10.1. The van der Waals surface area contributed by atoms with Crippen molar-refractivity contribution in [1.82, 2.24) is 4.98 Å². The second-order valence-corrected chi connectivity index (χ2v) is 5.72. The number of nitrogens with zero attached hydrogens (tertiary/aromatic N) is 1. The van der Waals surface area contributed by atoms with Gasteiger partial charge >= 0.3 is 5.97 Å². The SMILES string of the molecule is CCOC(=O)c1cnc2ccc(NC(=O)c3ccc(OC)cc3)cc2c1N. The smallest absolute Gasteiger partial charge is 0.341 e. The van der Waals surface area contributed by atoms with Gasteiger partial charge in [0.25, 0.3) is 5.91 Å².